The molecule has 3 N–H and O–H groups in total. The number of nitrogens with zero attached hydrogens (tertiary/aromatic N) is 1. The molecule has 0 spiro atoms. The third-order valence-electron chi connectivity index (χ3n) is 8.66. The van der Waals surface area contributed by atoms with Gasteiger partial charge in [0, 0.05) is 6.42 Å². The average Bonchev–Trinajstić information content (AvgIpc) is 3.45. The highest BCUT2D eigenvalue weighted by atomic mass is 16.7. The summed E-state index contributed by atoms with van der Waals surface area (Å²) in [6, 6.07) is 9.65. The largest absolute Gasteiger partial charge is 0.481 e. The number of hydrogen-bond donors (Lipinski definition) is 2. The molecule has 0 radical (unpaired) electrons. The van der Waals surface area contributed by atoms with Crippen molar-refractivity contribution in [3.63, 3.8) is 0 Å². The molecule has 1 amide bonds. The lowest BCUT2D eigenvalue weighted by Crippen LogP contribution is -2.65. The Balaban J connectivity index is 1.27. The van der Waals surface area contributed by atoms with E-state index >= 15 is 0 Å². The van der Waals surface area contributed by atoms with Gasteiger partial charge >= 0.3 is 7.12 Å². The predicted octanol–water partition coefficient (Wildman–Crippen LogP) is 3.32. The van der Waals surface area contributed by atoms with E-state index in [0.717, 1.165) is 25.7 Å². The molecule has 34 heavy (non-hydrogen) atoms. The van der Waals surface area contributed by atoms with Gasteiger partial charge in [0.2, 0.25) is 5.91 Å². The van der Waals surface area contributed by atoms with E-state index in [2.05, 4.69) is 55.3 Å². The van der Waals surface area contributed by atoms with Crippen LogP contribution in [-0.4, -0.2) is 41.7 Å². The number of carbonyl (C=O) groups is 1. The first kappa shape index (κ1) is 23.6. The van der Waals surface area contributed by atoms with E-state index in [0.29, 0.717) is 17.7 Å². The number of benzene rings is 1. The maximum Gasteiger partial charge on any atom is 0.481 e. The van der Waals surface area contributed by atoms with E-state index < -0.39 is 13.2 Å². The normalized spacial score (nSPS) is 30.8. The third kappa shape index (κ3) is 4.32. The van der Waals surface area contributed by atoms with Gasteiger partial charge in [-0.2, -0.15) is 0 Å². The lowest BCUT2D eigenvalue weighted by atomic mass is 9.43. The second-order valence-electron chi connectivity index (χ2n) is 11.1. The van der Waals surface area contributed by atoms with Crippen LogP contribution >= 0.6 is 0 Å². The number of carbonyl (C=O) groups excluding carboxylic acids is 1. The Morgan fingerprint density at radius 1 is 1.26 bits per heavy atom. The Bertz CT molecular complexity index is 985. The van der Waals surface area contributed by atoms with Crippen molar-refractivity contribution in [1.82, 2.24) is 10.3 Å². The summed E-state index contributed by atoms with van der Waals surface area (Å²) in [7, 11) is -0.473. The highest BCUT2D eigenvalue weighted by Gasteiger charge is 2.68. The van der Waals surface area contributed by atoms with Gasteiger partial charge in [0.05, 0.1) is 29.9 Å². The van der Waals surface area contributed by atoms with E-state index in [-0.39, 0.29) is 35.4 Å². The number of nitrogens with one attached hydrogen (secondary N) is 1. The summed E-state index contributed by atoms with van der Waals surface area (Å²) < 4.78 is 18.5. The van der Waals surface area contributed by atoms with Crippen molar-refractivity contribution in [2.24, 2.45) is 23.0 Å². The maximum absolute atomic E-state index is 13.0. The zero-order valence-electron chi connectivity index (χ0n) is 20.4. The summed E-state index contributed by atoms with van der Waals surface area (Å²) in [6.07, 6.45) is 8.17. The van der Waals surface area contributed by atoms with Gasteiger partial charge in [0.25, 0.3) is 0 Å². The third-order valence-corrected chi connectivity index (χ3v) is 8.66. The summed E-state index contributed by atoms with van der Waals surface area (Å²) in [4.78, 5) is 17.1. The van der Waals surface area contributed by atoms with Gasteiger partial charge < -0.3 is 24.8 Å². The molecule has 1 saturated heterocycles. The monoisotopic (exact) mass is 465 g/mol. The fourth-order valence-corrected chi connectivity index (χ4v) is 6.44. The molecule has 1 aliphatic heterocycles. The molecule has 2 heterocycles. The van der Waals surface area contributed by atoms with Crippen LogP contribution in [0.25, 0.3) is 0 Å². The van der Waals surface area contributed by atoms with E-state index in [1.165, 1.54) is 18.2 Å². The first-order valence-corrected chi connectivity index (χ1v) is 12.6. The molecule has 2 bridgehead atoms. The quantitative estimate of drug-likeness (QED) is 0.552. The van der Waals surface area contributed by atoms with Crippen LogP contribution in [0.3, 0.4) is 0 Å². The summed E-state index contributed by atoms with van der Waals surface area (Å²) >= 11 is 0. The van der Waals surface area contributed by atoms with Crippen LogP contribution in [0, 0.1) is 17.3 Å². The zero-order chi connectivity index (χ0) is 23.9. The van der Waals surface area contributed by atoms with Gasteiger partial charge in [-0.05, 0) is 61.8 Å². The van der Waals surface area contributed by atoms with Crippen LogP contribution in [0.15, 0.2) is 47.2 Å². The number of nitrogens with two attached hydrogens (primary N) is 1. The second kappa shape index (κ2) is 9.13. The van der Waals surface area contributed by atoms with Gasteiger partial charge in [-0.25, -0.2) is 4.98 Å². The summed E-state index contributed by atoms with van der Waals surface area (Å²) in [5.41, 5.74) is 7.43. The van der Waals surface area contributed by atoms with Crippen LogP contribution in [0.2, 0.25) is 0 Å². The van der Waals surface area contributed by atoms with Crippen LogP contribution < -0.4 is 11.1 Å². The van der Waals surface area contributed by atoms with Crippen molar-refractivity contribution in [2.75, 3.05) is 0 Å². The zero-order valence-corrected chi connectivity index (χ0v) is 20.4. The van der Waals surface area contributed by atoms with Crippen LogP contribution in [0.1, 0.15) is 57.9 Å². The van der Waals surface area contributed by atoms with E-state index in [9.17, 15) is 4.79 Å². The minimum absolute atomic E-state index is 0.0730. The SMILES string of the molecule is CC1(C)[C@@H]2C[C@H]3OB([C@H](CCCc4ccccc4)NC(=O)C(N)Cc4ncco4)O[C@@]3(C)[C@H]1C2. The number of aryl methyl sites for hydroxylation is 1. The van der Waals surface area contributed by atoms with Crippen molar-refractivity contribution >= 4 is 13.0 Å². The molecule has 182 valence electrons. The highest BCUT2D eigenvalue weighted by Crippen LogP contribution is 2.65. The minimum atomic E-state index is -0.749. The van der Waals surface area contributed by atoms with Crippen LogP contribution in [0.5, 0.6) is 0 Å². The number of amides is 1. The molecule has 1 unspecified atom stereocenters. The number of hydrogen-bond acceptors (Lipinski definition) is 6. The molecule has 1 aromatic carbocycles. The Morgan fingerprint density at radius 2 is 2.06 bits per heavy atom. The van der Waals surface area contributed by atoms with E-state index in [1.54, 1.807) is 6.20 Å². The van der Waals surface area contributed by atoms with Crippen molar-refractivity contribution in [2.45, 2.75) is 83.0 Å². The number of aromatic nitrogens is 1. The van der Waals surface area contributed by atoms with Crippen LogP contribution in [0.4, 0.5) is 0 Å². The average molecular weight is 465 g/mol. The molecule has 6 rings (SSSR count). The number of rotatable bonds is 9. The van der Waals surface area contributed by atoms with Gasteiger partial charge in [-0.3, -0.25) is 4.79 Å². The smallest absolute Gasteiger partial charge is 0.449 e. The van der Waals surface area contributed by atoms with Gasteiger partial charge in [0.1, 0.15) is 6.26 Å². The van der Waals surface area contributed by atoms with Crippen LogP contribution in [-0.2, 0) is 26.9 Å². The molecular formula is C26H36BN3O4. The lowest BCUT2D eigenvalue weighted by molar-refractivity contribution is -0.199. The Labute approximate surface area is 202 Å². The standard InChI is InChI=1S/C26H36BN3O4/c1-25(2)18-14-20(25)26(3)21(15-18)33-27(34-26)22(11-7-10-17-8-5-4-6-9-17)30-24(31)19(28)16-23-29-12-13-32-23/h4-6,8-9,12-13,18-22H,7,10-11,14-16,28H2,1-3H3,(H,30,31)/t18-,19?,20-,21+,22-,26-/m0/s1. The Hall–Kier alpha value is -2.16. The van der Waals surface area contributed by atoms with E-state index in [1.807, 2.05) is 6.07 Å². The molecule has 4 aliphatic rings. The fourth-order valence-electron chi connectivity index (χ4n) is 6.44. The predicted molar refractivity (Wildman–Crippen MR) is 130 cm³/mol. The maximum atomic E-state index is 13.0. The lowest BCUT2D eigenvalue weighted by Gasteiger charge is -2.64. The highest BCUT2D eigenvalue weighted by molar-refractivity contribution is 6.47. The van der Waals surface area contributed by atoms with Gasteiger partial charge in [0.15, 0.2) is 5.89 Å². The summed E-state index contributed by atoms with van der Waals surface area (Å²) in [6.45, 7) is 6.91. The van der Waals surface area contributed by atoms with Gasteiger partial charge in [-0.15, -0.1) is 0 Å². The van der Waals surface area contributed by atoms with Crippen molar-refractivity contribution in [3.8, 4) is 0 Å². The Kier molecular flexibility index (Phi) is 6.33. The van der Waals surface area contributed by atoms with Crippen molar-refractivity contribution < 1.29 is 18.5 Å². The molecule has 6 atom stereocenters. The molecular weight excluding hydrogens is 429 g/mol. The van der Waals surface area contributed by atoms with E-state index in [4.69, 9.17) is 19.5 Å². The van der Waals surface area contributed by atoms with Gasteiger partial charge in [-0.1, -0.05) is 44.2 Å². The molecule has 8 heteroatoms. The molecule has 3 saturated carbocycles. The molecule has 2 aromatic rings. The first-order valence-electron chi connectivity index (χ1n) is 12.6. The topological polar surface area (TPSA) is 99.6 Å². The molecule has 7 nitrogen and oxygen atoms in total. The minimum Gasteiger partial charge on any atom is -0.449 e. The first-order chi connectivity index (χ1) is 16.3. The van der Waals surface area contributed by atoms with Crippen molar-refractivity contribution in [3.05, 3.63) is 54.2 Å². The second-order valence-corrected chi connectivity index (χ2v) is 11.1. The number of oxazole rings is 1. The van der Waals surface area contributed by atoms with Crippen molar-refractivity contribution in [1.29, 1.82) is 0 Å². The molecule has 1 aromatic heterocycles. The fraction of sp³-hybridized carbons (Fsp3) is 0.615. The summed E-state index contributed by atoms with van der Waals surface area (Å²) in [5.74, 6) is 1.10. The summed E-state index contributed by atoms with van der Waals surface area (Å²) in [5, 5.41) is 3.15. The Morgan fingerprint density at radius 3 is 2.76 bits per heavy atom. The molecule has 4 fully saturated rings. The molecule has 3 aliphatic carbocycles.